The third-order valence-electron chi connectivity index (χ3n) is 3.71. The Morgan fingerprint density at radius 1 is 1.30 bits per heavy atom. The van der Waals surface area contributed by atoms with Crippen molar-refractivity contribution < 1.29 is 5.11 Å². The van der Waals surface area contributed by atoms with E-state index in [0.717, 1.165) is 10.1 Å². The van der Waals surface area contributed by atoms with E-state index in [4.69, 9.17) is 0 Å². The van der Waals surface area contributed by atoms with Gasteiger partial charge in [-0.05, 0) is 34.4 Å². The molecule has 1 N–H and O–H groups in total. The summed E-state index contributed by atoms with van der Waals surface area (Å²) < 4.78 is 2.77. The van der Waals surface area contributed by atoms with Gasteiger partial charge in [0.1, 0.15) is 10.9 Å². The number of rotatable bonds is 4. The highest BCUT2D eigenvalue weighted by molar-refractivity contribution is 7.18. The largest absolute Gasteiger partial charge is 0.383 e. The van der Waals surface area contributed by atoms with Crippen molar-refractivity contribution in [2.45, 2.75) is 26.5 Å². The highest BCUT2D eigenvalue weighted by Crippen LogP contribution is 2.32. The van der Waals surface area contributed by atoms with E-state index in [-0.39, 0.29) is 17.2 Å². The molecule has 3 rings (SSSR count). The summed E-state index contributed by atoms with van der Waals surface area (Å²) in [5, 5.41) is 14.8. The molecule has 0 aromatic carbocycles. The van der Waals surface area contributed by atoms with E-state index in [9.17, 15) is 14.7 Å². The molecule has 1 unspecified atom stereocenters. The number of fused-ring (bicyclic) bond motifs is 1. The molecular formula is C16H18N2O3S2. The van der Waals surface area contributed by atoms with E-state index in [1.54, 1.807) is 10.6 Å². The molecule has 0 aliphatic carbocycles. The van der Waals surface area contributed by atoms with Crippen LogP contribution in [0, 0.1) is 5.92 Å². The Labute approximate surface area is 141 Å². The van der Waals surface area contributed by atoms with Crippen LogP contribution < -0.4 is 11.2 Å². The SMILES string of the molecule is CC(C)Cn1c(=O)n(C)c(=O)c2cc(C(O)c3ccsc3)sc21. The maximum atomic E-state index is 12.4. The van der Waals surface area contributed by atoms with Crippen LogP contribution >= 0.6 is 22.7 Å². The van der Waals surface area contributed by atoms with Gasteiger partial charge < -0.3 is 5.11 Å². The predicted molar refractivity (Wildman–Crippen MR) is 94.5 cm³/mol. The Bertz CT molecular complexity index is 948. The number of nitrogens with zero attached hydrogens (tertiary/aromatic N) is 2. The van der Waals surface area contributed by atoms with Gasteiger partial charge in [-0.25, -0.2) is 4.79 Å². The number of aliphatic hydroxyl groups is 1. The summed E-state index contributed by atoms with van der Waals surface area (Å²) in [5.41, 5.74) is 0.177. The van der Waals surface area contributed by atoms with E-state index < -0.39 is 6.10 Å². The minimum atomic E-state index is -0.772. The van der Waals surface area contributed by atoms with E-state index in [2.05, 4.69) is 0 Å². The zero-order valence-electron chi connectivity index (χ0n) is 13.1. The first-order chi connectivity index (χ1) is 10.9. The van der Waals surface area contributed by atoms with Gasteiger partial charge in [0.15, 0.2) is 0 Å². The molecule has 3 aromatic heterocycles. The number of hydrogen-bond acceptors (Lipinski definition) is 5. The third-order valence-corrected chi connectivity index (χ3v) is 5.62. The van der Waals surface area contributed by atoms with Gasteiger partial charge in [0.25, 0.3) is 5.56 Å². The lowest BCUT2D eigenvalue weighted by atomic mass is 10.1. The maximum Gasteiger partial charge on any atom is 0.331 e. The van der Waals surface area contributed by atoms with Gasteiger partial charge in [-0.3, -0.25) is 13.9 Å². The van der Waals surface area contributed by atoms with E-state index in [1.807, 2.05) is 30.7 Å². The molecule has 122 valence electrons. The quantitative estimate of drug-likeness (QED) is 0.786. The lowest BCUT2D eigenvalue weighted by molar-refractivity contribution is 0.225. The Morgan fingerprint density at radius 3 is 2.65 bits per heavy atom. The van der Waals surface area contributed by atoms with Crippen LogP contribution in [0.4, 0.5) is 0 Å². The maximum absolute atomic E-state index is 12.4. The average molecular weight is 350 g/mol. The summed E-state index contributed by atoms with van der Waals surface area (Å²) in [6, 6.07) is 3.57. The Kier molecular flexibility index (Phi) is 4.27. The summed E-state index contributed by atoms with van der Waals surface area (Å²) in [6.45, 7) is 4.59. The van der Waals surface area contributed by atoms with Crippen molar-refractivity contribution in [1.29, 1.82) is 0 Å². The fourth-order valence-electron chi connectivity index (χ4n) is 2.55. The Morgan fingerprint density at radius 2 is 2.04 bits per heavy atom. The lowest BCUT2D eigenvalue weighted by Crippen LogP contribution is -2.38. The van der Waals surface area contributed by atoms with Gasteiger partial charge in [0.05, 0.1) is 5.39 Å². The standard InChI is InChI=1S/C16H18N2O3S2/c1-9(2)7-18-15-11(14(20)17(3)16(18)21)6-12(23-15)13(19)10-4-5-22-8-10/h4-6,8-9,13,19H,7H2,1-3H3. The molecule has 0 fully saturated rings. The van der Waals surface area contributed by atoms with Crippen LogP contribution in [0.25, 0.3) is 10.2 Å². The number of aromatic nitrogens is 2. The van der Waals surface area contributed by atoms with Crippen LogP contribution in [0.15, 0.2) is 32.5 Å². The second-order valence-corrected chi connectivity index (χ2v) is 7.82. The zero-order valence-corrected chi connectivity index (χ0v) is 14.8. The molecule has 0 amide bonds. The highest BCUT2D eigenvalue weighted by atomic mass is 32.1. The summed E-state index contributed by atoms with van der Waals surface area (Å²) in [7, 11) is 1.49. The van der Waals surface area contributed by atoms with Crippen molar-refractivity contribution in [3.05, 3.63) is 54.2 Å². The molecule has 0 aliphatic heterocycles. The monoisotopic (exact) mass is 350 g/mol. The third kappa shape index (κ3) is 2.80. The molecule has 5 nitrogen and oxygen atoms in total. The van der Waals surface area contributed by atoms with Crippen molar-refractivity contribution in [2.75, 3.05) is 0 Å². The number of aliphatic hydroxyl groups excluding tert-OH is 1. The molecule has 3 heterocycles. The van der Waals surface area contributed by atoms with Crippen molar-refractivity contribution in [2.24, 2.45) is 13.0 Å². The van der Waals surface area contributed by atoms with Crippen molar-refractivity contribution in [1.82, 2.24) is 9.13 Å². The predicted octanol–water partition coefficient (Wildman–Crippen LogP) is 2.56. The molecule has 0 saturated heterocycles. The Balaban J connectivity index is 2.24. The van der Waals surface area contributed by atoms with Gasteiger partial charge >= 0.3 is 5.69 Å². The molecule has 7 heteroatoms. The first kappa shape index (κ1) is 16.2. The normalized spacial score (nSPS) is 13.1. The molecule has 0 spiro atoms. The molecule has 0 saturated carbocycles. The second-order valence-electron chi connectivity index (χ2n) is 5.98. The molecule has 1 atom stereocenters. The second kappa shape index (κ2) is 6.07. The molecule has 3 aromatic rings. The summed E-state index contributed by atoms with van der Waals surface area (Å²) >= 11 is 2.83. The molecule has 0 aliphatic rings. The smallest absolute Gasteiger partial charge is 0.331 e. The van der Waals surface area contributed by atoms with Crippen LogP contribution in [-0.4, -0.2) is 14.2 Å². The van der Waals surface area contributed by atoms with Gasteiger partial charge in [-0.1, -0.05) is 13.8 Å². The molecule has 23 heavy (non-hydrogen) atoms. The minimum absolute atomic E-state index is 0.278. The van der Waals surface area contributed by atoms with Crippen molar-refractivity contribution >= 4 is 32.9 Å². The first-order valence-electron chi connectivity index (χ1n) is 7.33. The highest BCUT2D eigenvalue weighted by Gasteiger charge is 2.19. The van der Waals surface area contributed by atoms with Crippen LogP contribution in [0.5, 0.6) is 0 Å². The lowest BCUT2D eigenvalue weighted by Gasteiger charge is -2.11. The van der Waals surface area contributed by atoms with Crippen molar-refractivity contribution in [3.63, 3.8) is 0 Å². The fourth-order valence-corrected chi connectivity index (χ4v) is 4.39. The van der Waals surface area contributed by atoms with Gasteiger partial charge in [-0.15, -0.1) is 11.3 Å². The summed E-state index contributed by atoms with van der Waals surface area (Å²) in [4.78, 5) is 26.1. The zero-order chi connectivity index (χ0) is 16.7. The van der Waals surface area contributed by atoms with Crippen molar-refractivity contribution in [3.8, 4) is 0 Å². The van der Waals surface area contributed by atoms with Crippen LogP contribution in [0.3, 0.4) is 0 Å². The number of thiophene rings is 2. The van der Waals surface area contributed by atoms with E-state index in [1.165, 1.54) is 29.7 Å². The minimum Gasteiger partial charge on any atom is -0.383 e. The van der Waals surface area contributed by atoms with Gasteiger partial charge in [0.2, 0.25) is 0 Å². The van der Waals surface area contributed by atoms with Crippen LogP contribution in [-0.2, 0) is 13.6 Å². The van der Waals surface area contributed by atoms with E-state index in [0.29, 0.717) is 21.6 Å². The van der Waals surface area contributed by atoms with Crippen LogP contribution in [0.2, 0.25) is 0 Å². The summed E-state index contributed by atoms with van der Waals surface area (Å²) in [6.07, 6.45) is -0.772. The summed E-state index contributed by atoms with van der Waals surface area (Å²) in [5.74, 6) is 0.278. The molecular weight excluding hydrogens is 332 g/mol. The van der Waals surface area contributed by atoms with Gasteiger partial charge in [0, 0.05) is 18.5 Å². The Hall–Kier alpha value is -1.70. The average Bonchev–Trinajstić information content (AvgIpc) is 3.17. The van der Waals surface area contributed by atoms with Crippen LogP contribution in [0.1, 0.15) is 30.4 Å². The number of hydrogen-bond donors (Lipinski definition) is 1. The molecule has 0 bridgehead atoms. The van der Waals surface area contributed by atoms with Gasteiger partial charge in [-0.2, -0.15) is 11.3 Å². The fraction of sp³-hybridized carbons (Fsp3) is 0.375. The topological polar surface area (TPSA) is 64.2 Å². The first-order valence-corrected chi connectivity index (χ1v) is 9.09. The van der Waals surface area contributed by atoms with E-state index >= 15 is 0 Å². The molecule has 0 radical (unpaired) electrons.